The van der Waals surface area contributed by atoms with E-state index in [1.807, 2.05) is 29.2 Å². The number of hydrogen-bond donors (Lipinski definition) is 3. The van der Waals surface area contributed by atoms with Crippen LogP contribution >= 0.6 is 0 Å². The summed E-state index contributed by atoms with van der Waals surface area (Å²) in [6, 6.07) is 5.79. The molecule has 164 valence electrons. The van der Waals surface area contributed by atoms with Gasteiger partial charge in [-0.1, -0.05) is 24.3 Å². The van der Waals surface area contributed by atoms with Crippen LogP contribution in [-0.2, 0) is 30.3 Å². The van der Waals surface area contributed by atoms with Gasteiger partial charge in [0.2, 0.25) is 11.8 Å². The second kappa shape index (κ2) is 10.5. The summed E-state index contributed by atoms with van der Waals surface area (Å²) < 4.78 is 10.4. The molecular weight excluding hydrogens is 390 g/mol. The van der Waals surface area contributed by atoms with Crippen LogP contribution in [0.2, 0.25) is 0 Å². The molecule has 2 aliphatic heterocycles. The molecule has 2 amide bonds. The highest BCUT2D eigenvalue weighted by molar-refractivity contribution is 5.90. The molecule has 30 heavy (non-hydrogen) atoms. The number of rotatable bonds is 9. The minimum absolute atomic E-state index is 0.164. The summed E-state index contributed by atoms with van der Waals surface area (Å²) in [5, 5.41) is 14.7. The van der Waals surface area contributed by atoms with E-state index in [4.69, 9.17) is 9.47 Å². The fourth-order valence-corrected chi connectivity index (χ4v) is 3.40. The molecule has 0 saturated carbocycles. The Morgan fingerprint density at radius 3 is 2.33 bits per heavy atom. The molecule has 0 aliphatic carbocycles. The lowest BCUT2D eigenvalue weighted by Gasteiger charge is -2.27. The van der Waals surface area contributed by atoms with Crippen molar-refractivity contribution in [2.24, 2.45) is 0 Å². The Bertz CT molecular complexity index is 744. The monoisotopic (exact) mass is 419 g/mol. The first-order valence-corrected chi connectivity index (χ1v) is 10.2. The third kappa shape index (κ3) is 6.25. The first kappa shape index (κ1) is 22.2. The van der Waals surface area contributed by atoms with E-state index in [2.05, 4.69) is 10.6 Å². The molecule has 9 heteroatoms. The lowest BCUT2D eigenvalue weighted by Crippen LogP contribution is -2.53. The molecule has 1 aromatic rings. The average molecular weight is 419 g/mol. The lowest BCUT2D eigenvalue weighted by atomic mass is 9.95. The third-order valence-electron chi connectivity index (χ3n) is 5.39. The Morgan fingerprint density at radius 1 is 1.10 bits per heavy atom. The Balaban J connectivity index is 1.48. The summed E-state index contributed by atoms with van der Waals surface area (Å²) in [6.07, 6.45) is 0.164. The summed E-state index contributed by atoms with van der Waals surface area (Å²) in [5.74, 6) is -1.52. The molecule has 0 unspecified atom stereocenters. The quantitative estimate of drug-likeness (QED) is 0.505. The van der Waals surface area contributed by atoms with E-state index in [1.165, 1.54) is 0 Å². The molecule has 2 fully saturated rings. The first-order valence-electron chi connectivity index (χ1n) is 10.2. The number of amides is 2. The van der Waals surface area contributed by atoms with Crippen molar-refractivity contribution in [1.82, 2.24) is 15.5 Å². The number of nitrogens with one attached hydrogen (secondary N) is 2. The van der Waals surface area contributed by atoms with Crippen LogP contribution in [0, 0.1) is 0 Å². The molecular formula is C21H29N3O6. The molecule has 2 aliphatic rings. The maximum Gasteiger partial charge on any atom is 0.326 e. The average Bonchev–Trinajstić information content (AvgIpc) is 2.68. The van der Waals surface area contributed by atoms with Crippen molar-refractivity contribution in [2.45, 2.75) is 31.3 Å². The maximum atomic E-state index is 12.4. The predicted octanol–water partition coefficient (Wildman–Crippen LogP) is -0.251. The molecule has 3 rings (SSSR count). The van der Waals surface area contributed by atoms with E-state index in [9.17, 15) is 19.5 Å². The molecule has 9 nitrogen and oxygen atoms in total. The van der Waals surface area contributed by atoms with Gasteiger partial charge in [-0.3, -0.25) is 14.5 Å². The van der Waals surface area contributed by atoms with Crippen molar-refractivity contribution < 1.29 is 29.0 Å². The first-order chi connectivity index (χ1) is 14.4. The van der Waals surface area contributed by atoms with Gasteiger partial charge in [-0.25, -0.2) is 4.79 Å². The molecule has 2 heterocycles. The van der Waals surface area contributed by atoms with Crippen molar-refractivity contribution in [2.75, 3.05) is 46.1 Å². The van der Waals surface area contributed by atoms with Gasteiger partial charge in [0.05, 0.1) is 33.0 Å². The minimum Gasteiger partial charge on any atom is -0.480 e. The molecule has 1 aromatic carbocycles. The molecule has 0 aromatic heterocycles. The van der Waals surface area contributed by atoms with E-state index in [0.29, 0.717) is 45.4 Å². The number of carboxylic acids is 1. The number of carbonyl (C=O) groups is 3. The SMILES string of the molecule is C[C@H](NC(=O)CN1CCOCC1)C(=O)N[C@@H](Cc1ccc(C2COC2)cc1)C(=O)O. The Labute approximate surface area is 175 Å². The van der Waals surface area contributed by atoms with Gasteiger partial charge in [0.1, 0.15) is 12.1 Å². The number of aliphatic carboxylic acids is 1. The van der Waals surface area contributed by atoms with Gasteiger partial charge in [0.15, 0.2) is 0 Å². The minimum atomic E-state index is -1.12. The van der Waals surface area contributed by atoms with Crippen LogP contribution in [0.1, 0.15) is 24.0 Å². The fourth-order valence-electron chi connectivity index (χ4n) is 3.40. The van der Waals surface area contributed by atoms with Crippen LogP contribution < -0.4 is 10.6 Å². The van der Waals surface area contributed by atoms with Gasteiger partial charge < -0.3 is 25.2 Å². The number of morpholine rings is 1. The summed E-state index contributed by atoms with van der Waals surface area (Å²) in [4.78, 5) is 38.2. The van der Waals surface area contributed by atoms with Crippen molar-refractivity contribution in [3.05, 3.63) is 35.4 Å². The zero-order valence-electron chi connectivity index (χ0n) is 17.1. The van der Waals surface area contributed by atoms with Gasteiger partial charge >= 0.3 is 5.97 Å². The highest BCUT2D eigenvalue weighted by Gasteiger charge is 2.25. The van der Waals surface area contributed by atoms with Crippen LogP contribution in [0.25, 0.3) is 0 Å². The van der Waals surface area contributed by atoms with E-state index in [0.717, 1.165) is 11.1 Å². The second-order valence-corrected chi connectivity index (χ2v) is 7.76. The van der Waals surface area contributed by atoms with Crippen molar-refractivity contribution in [3.63, 3.8) is 0 Å². The zero-order valence-corrected chi connectivity index (χ0v) is 17.1. The smallest absolute Gasteiger partial charge is 0.326 e. The molecule has 0 bridgehead atoms. The highest BCUT2D eigenvalue weighted by atomic mass is 16.5. The molecule has 0 spiro atoms. The summed E-state index contributed by atoms with van der Waals surface area (Å²) >= 11 is 0. The lowest BCUT2D eigenvalue weighted by molar-refractivity contribution is -0.142. The third-order valence-corrected chi connectivity index (χ3v) is 5.39. The number of carbonyl (C=O) groups excluding carboxylic acids is 2. The molecule has 3 N–H and O–H groups in total. The highest BCUT2D eigenvalue weighted by Crippen LogP contribution is 2.24. The molecule has 0 radical (unpaired) electrons. The van der Waals surface area contributed by atoms with Crippen molar-refractivity contribution in [3.8, 4) is 0 Å². The fraction of sp³-hybridized carbons (Fsp3) is 0.571. The standard InChI is InChI=1S/C21H29N3O6/c1-14(22-19(25)11-24-6-8-29-9-7-24)20(26)23-18(21(27)28)10-15-2-4-16(5-3-15)17-12-30-13-17/h2-5,14,17-18H,6-13H2,1H3,(H,22,25)(H,23,26)(H,27,28)/t14-,18-/m0/s1. The Kier molecular flexibility index (Phi) is 7.78. The normalized spacial score (nSPS) is 19.4. The van der Waals surface area contributed by atoms with E-state index in [1.54, 1.807) is 6.92 Å². The Morgan fingerprint density at radius 2 is 1.77 bits per heavy atom. The van der Waals surface area contributed by atoms with Gasteiger partial charge in [-0.05, 0) is 18.1 Å². The van der Waals surface area contributed by atoms with Crippen molar-refractivity contribution >= 4 is 17.8 Å². The number of ether oxygens (including phenoxy) is 2. The van der Waals surface area contributed by atoms with Gasteiger partial charge in [0, 0.05) is 25.4 Å². The predicted molar refractivity (Wildman–Crippen MR) is 108 cm³/mol. The van der Waals surface area contributed by atoms with E-state index in [-0.39, 0.29) is 18.9 Å². The number of nitrogens with zero attached hydrogens (tertiary/aromatic N) is 1. The van der Waals surface area contributed by atoms with Crippen LogP contribution in [0.5, 0.6) is 0 Å². The maximum absolute atomic E-state index is 12.4. The zero-order chi connectivity index (χ0) is 21.5. The summed E-state index contributed by atoms with van der Waals surface area (Å²) in [5.41, 5.74) is 1.98. The van der Waals surface area contributed by atoms with Crippen LogP contribution in [-0.4, -0.2) is 85.9 Å². The number of carboxylic acid groups (broad SMARTS) is 1. The summed E-state index contributed by atoms with van der Waals surface area (Å²) in [7, 11) is 0. The summed E-state index contributed by atoms with van der Waals surface area (Å²) in [6.45, 7) is 5.65. The van der Waals surface area contributed by atoms with Gasteiger partial charge in [-0.2, -0.15) is 0 Å². The molecule has 2 atom stereocenters. The van der Waals surface area contributed by atoms with E-state index < -0.39 is 24.0 Å². The number of benzene rings is 1. The van der Waals surface area contributed by atoms with Crippen LogP contribution in [0.4, 0.5) is 0 Å². The van der Waals surface area contributed by atoms with Gasteiger partial charge in [0.25, 0.3) is 0 Å². The number of hydrogen-bond acceptors (Lipinski definition) is 6. The van der Waals surface area contributed by atoms with Gasteiger partial charge in [-0.15, -0.1) is 0 Å². The second-order valence-electron chi connectivity index (χ2n) is 7.76. The topological polar surface area (TPSA) is 117 Å². The van der Waals surface area contributed by atoms with Crippen LogP contribution in [0.3, 0.4) is 0 Å². The van der Waals surface area contributed by atoms with E-state index >= 15 is 0 Å². The molecule has 2 saturated heterocycles. The van der Waals surface area contributed by atoms with Crippen molar-refractivity contribution in [1.29, 1.82) is 0 Å². The van der Waals surface area contributed by atoms with Crippen LogP contribution in [0.15, 0.2) is 24.3 Å². The largest absolute Gasteiger partial charge is 0.480 e. The Hall–Kier alpha value is -2.49.